The van der Waals surface area contributed by atoms with Gasteiger partial charge in [0, 0.05) is 18.0 Å². The molecule has 0 bridgehead atoms. The molecule has 2 aromatic heterocycles. The van der Waals surface area contributed by atoms with Gasteiger partial charge in [-0.2, -0.15) is 18.3 Å². The zero-order valence-corrected chi connectivity index (χ0v) is 15.4. The normalized spacial score (nSPS) is 14.7. The molecule has 3 aromatic rings. The quantitative estimate of drug-likeness (QED) is 0.721. The summed E-state index contributed by atoms with van der Waals surface area (Å²) in [6.45, 7) is 1.49. The van der Waals surface area contributed by atoms with E-state index in [1.54, 1.807) is 11.3 Å². The number of thiophene rings is 1. The van der Waals surface area contributed by atoms with E-state index in [0.29, 0.717) is 12.2 Å². The Labute approximate surface area is 162 Å². The minimum atomic E-state index is -4.51. The van der Waals surface area contributed by atoms with Crippen LogP contribution < -0.4 is 5.32 Å². The Morgan fingerprint density at radius 3 is 2.89 bits per heavy atom. The Balaban J connectivity index is 1.53. The number of carbonyl (C=O) groups is 1. The van der Waals surface area contributed by atoms with E-state index in [2.05, 4.69) is 15.4 Å². The number of benzene rings is 1. The fourth-order valence-electron chi connectivity index (χ4n) is 3.18. The van der Waals surface area contributed by atoms with E-state index in [4.69, 9.17) is 0 Å². The molecule has 0 aliphatic carbocycles. The number of fused-ring (bicyclic) bond motifs is 1. The van der Waals surface area contributed by atoms with Crippen LogP contribution in [-0.4, -0.2) is 38.7 Å². The number of amides is 1. The number of carbonyl (C=O) groups excluding carboxylic acids is 1. The number of nitrogens with zero attached hydrogens (tertiary/aromatic N) is 4. The summed E-state index contributed by atoms with van der Waals surface area (Å²) in [7, 11) is 0. The molecule has 1 aromatic carbocycles. The molecule has 1 amide bonds. The molecule has 0 fully saturated rings. The molecule has 1 aliphatic heterocycles. The fourth-order valence-corrected chi connectivity index (χ4v) is 4.07. The lowest BCUT2D eigenvalue weighted by molar-refractivity contribution is -0.137. The van der Waals surface area contributed by atoms with Gasteiger partial charge in [-0.05, 0) is 41.6 Å². The van der Waals surface area contributed by atoms with Gasteiger partial charge in [0.25, 0.3) is 0 Å². The Hall–Kier alpha value is -2.72. The van der Waals surface area contributed by atoms with Crippen LogP contribution in [0.3, 0.4) is 0 Å². The molecule has 0 saturated carbocycles. The van der Waals surface area contributed by atoms with Crippen molar-refractivity contribution in [2.45, 2.75) is 19.1 Å². The first-order valence-corrected chi connectivity index (χ1v) is 9.42. The monoisotopic (exact) mass is 407 g/mol. The fraction of sp³-hybridized carbons (Fsp3) is 0.278. The molecule has 0 atom stereocenters. The molecule has 0 spiro atoms. The topological polar surface area (TPSA) is 63.1 Å². The molecule has 0 saturated heterocycles. The molecule has 4 rings (SSSR count). The van der Waals surface area contributed by atoms with Gasteiger partial charge < -0.3 is 5.32 Å². The van der Waals surface area contributed by atoms with Crippen molar-refractivity contribution in [1.82, 2.24) is 19.7 Å². The van der Waals surface area contributed by atoms with E-state index in [1.807, 2.05) is 16.3 Å². The smallest absolute Gasteiger partial charge is 0.323 e. The molecule has 6 nitrogen and oxygen atoms in total. The molecular formula is C18H16F3N5OS. The van der Waals surface area contributed by atoms with Crippen molar-refractivity contribution in [2.75, 3.05) is 18.4 Å². The first-order chi connectivity index (χ1) is 13.4. The highest BCUT2D eigenvalue weighted by molar-refractivity contribution is 7.10. The summed E-state index contributed by atoms with van der Waals surface area (Å²) in [5.74, 6) is -0.376. The lowest BCUT2D eigenvalue weighted by Gasteiger charge is -2.26. The molecule has 1 aliphatic rings. The van der Waals surface area contributed by atoms with Crippen LogP contribution in [0.4, 0.5) is 18.9 Å². The SMILES string of the molecule is O=C(CN1CCc2sccc2C1)Nc1cc(C(F)(F)F)ccc1-n1cncn1. The summed E-state index contributed by atoms with van der Waals surface area (Å²) in [5.41, 5.74) is 0.718. The van der Waals surface area contributed by atoms with E-state index in [-0.39, 0.29) is 18.1 Å². The maximum Gasteiger partial charge on any atom is 0.416 e. The van der Waals surface area contributed by atoms with Crippen LogP contribution in [0.15, 0.2) is 42.3 Å². The van der Waals surface area contributed by atoms with E-state index >= 15 is 0 Å². The second-order valence-electron chi connectivity index (χ2n) is 6.45. The van der Waals surface area contributed by atoms with Crippen molar-refractivity contribution in [3.63, 3.8) is 0 Å². The van der Waals surface area contributed by atoms with Crippen molar-refractivity contribution in [2.24, 2.45) is 0 Å². The third-order valence-corrected chi connectivity index (χ3v) is 5.54. The van der Waals surface area contributed by atoms with Crippen LogP contribution in [0.25, 0.3) is 5.69 Å². The van der Waals surface area contributed by atoms with Gasteiger partial charge in [0.05, 0.1) is 23.5 Å². The van der Waals surface area contributed by atoms with Gasteiger partial charge in [-0.15, -0.1) is 11.3 Å². The van der Waals surface area contributed by atoms with E-state index in [0.717, 1.165) is 25.1 Å². The van der Waals surface area contributed by atoms with Gasteiger partial charge in [0.1, 0.15) is 12.7 Å². The van der Waals surface area contributed by atoms with Crippen molar-refractivity contribution >= 4 is 22.9 Å². The number of aromatic nitrogens is 3. The zero-order valence-electron chi connectivity index (χ0n) is 14.6. The van der Waals surface area contributed by atoms with Crippen LogP contribution in [0, 0.1) is 0 Å². The van der Waals surface area contributed by atoms with Gasteiger partial charge in [0.15, 0.2) is 0 Å². The van der Waals surface area contributed by atoms with Crippen molar-refractivity contribution < 1.29 is 18.0 Å². The van der Waals surface area contributed by atoms with Gasteiger partial charge in [-0.1, -0.05) is 0 Å². The van der Waals surface area contributed by atoms with Crippen molar-refractivity contribution in [3.8, 4) is 5.69 Å². The van der Waals surface area contributed by atoms with Crippen LogP contribution in [0.5, 0.6) is 0 Å². The molecule has 0 radical (unpaired) electrons. The maximum absolute atomic E-state index is 13.1. The van der Waals surface area contributed by atoms with Gasteiger partial charge in [-0.25, -0.2) is 9.67 Å². The van der Waals surface area contributed by atoms with Crippen molar-refractivity contribution in [3.05, 3.63) is 58.3 Å². The lowest BCUT2D eigenvalue weighted by Crippen LogP contribution is -2.36. The summed E-state index contributed by atoms with van der Waals surface area (Å²) in [6, 6.07) is 5.18. The maximum atomic E-state index is 13.1. The Morgan fingerprint density at radius 2 is 2.14 bits per heavy atom. The van der Waals surface area contributed by atoms with Crippen LogP contribution in [0.1, 0.15) is 16.0 Å². The third-order valence-electron chi connectivity index (χ3n) is 4.52. The average Bonchev–Trinajstić information content (AvgIpc) is 3.32. The highest BCUT2D eigenvalue weighted by Crippen LogP contribution is 2.33. The van der Waals surface area contributed by atoms with E-state index < -0.39 is 11.7 Å². The number of anilines is 1. The van der Waals surface area contributed by atoms with Gasteiger partial charge >= 0.3 is 6.18 Å². The van der Waals surface area contributed by atoms with Crippen LogP contribution in [-0.2, 0) is 23.9 Å². The van der Waals surface area contributed by atoms with Crippen molar-refractivity contribution in [1.29, 1.82) is 0 Å². The number of hydrogen-bond acceptors (Lipinski definition) is 5. The van der Waals surface area contributed by atoms with Gasteiger partial charge in [-0.3, -0.25) is 9.69 Å². The molecule has 10 heteroatoms. The molecule has 0 unspecified atom stereocenters. The van der Waals surface area contributed by atoms with E-state index in [9.17, 15) is 18.0 Å². The molecule has 1 N–H and O–H groups in total. The average molecular weight is 407 g/mol. The summed E-state index contributed by atoms with van der Waals surface area (Å²) in [5, 5.41) is 8.58. The molecule has 146 valence electrons. The van der Waals surface area contributed by atoms with Gasteiger partial charge in [0.2, 0.25) is 5.91 Å². The Kier molecular flexibility index (Phi) is 4.90. The summed E-state index contributed by atoms with van der Waals surface area (Å²) < 4.78 is 40.6. The number of halogens is 3. The number of rotatable bonds is 4. The largest absolute Gasteiger partial charge is 0.416 e. The first kappa shape index (κ1) is 18.6. The Bertz CT molecular complexity index is 984. The Morgan fingerprint density at radius 1 is 1.29 bits per heavy atom. The third kappa shape index (κ3) is 3.92. The second-order valence-corrected chi connectivity index (χ2v) is 7.45. The first-order valence-electron chi connectivity index (χ1n) is 8.54. The highest BCUT2D eigenvalue weighted by Gasteiger charge is 2.31. The second kappa shape index (κ2) is 7.36. The minimum absolute atomic E-state index is 0.0403. The van der Waals surface area contributed by atoms with Crippen LogP contribution >= 0.6 is 11.3 Å². The number of hydrogen-bond donors (Lipinski definition) is 1. The highest BCUT2D eigenvalue weighted by atomic mass is 32.1. The summed E-state index contributed by atoms with van der Waals surface area (Å²) >= 11 is 1.70. The lowest BCUT2D eigenvalue weighted by atomic mass is 10.1. The molecule has 28 heavy (non-hydrogen) atoms. The number of alkyl halides is 3. The molecular weight excluding hydrogens is 391 g/mol. The van der Waals surface area contributed by atoms with Crippen LogP contribution in [0.2, 0.25) is 0 Å². The zero-order chi connectivity index (χ0) is 19.7. The summed E-state index contributed by atoms with van der Waals surface area (Å²) in [4.78, 5) is 19.6. The summed E-state index contributed by atoms with van der Waals surface area (Å²) in [6.07, 6.45) is -1.01. The standard InChI is InChI=1S/C18H16F3N5OS/c19-18(20,21)13-1-2-15(26-11-22-10-23-26)14(7-13)24-17(27)9-25-5-3-16-12(8-25)4-6-28-16/h1-2,4,6-7,10-11H,3,5,8-9H2,(H,24,27). The number of nitrogens with one attached hydrogen (secondary N) is 1. The predicted octanol–water partition coefficient (Wildman–Crippen LogP) is 3.34. The van der Waals surface area contributed by atoms with E-state index in [1.165, 1.54) is 33.8 Å². The minimum Gasteiger partial charge on any atom is -0.323 e. The predicted molar refractivity (Wildman–Crippen MR) is 98.3 cm³/mol. The molecule has 3 heterocycles.